The van der Waals surface area contributed by atoms with Gasteiger partial charge in [0.2, 0.25) is 0 Å². The van der Waals surface area contributed by atoms with Crippen LogP contribution in [0.4, 0.5) is 0 Å². The topological polar surface area (TPSA) is 26.0 Å². The van der Waals surface area contributed by atoms with Crippen LogP contribution in [0.1, 0.15) is 29.9 Å². The quantitative estimate of drug-likeness (QED) is 0.848. The molecule has 1 saturated carbocycles. The monoisotopic (exact) mass is 223 g/mol. The summed E-state index contributed by atoms with van der Waals surface area (Å²) in [5, 5.41) is 0. The fraction of sp³-hybridized carbons (Fsp3) is 0.250. The molecule has 1 nitrogen and oxygen atoms in total. The number of benzene rings is 2. The van der Waals surface area contributed by atoms with Crippen molar-refractivity contribution in [3.05, 3.63) is 71.8 Å². The van der Waals surface area contributed by atoms with Crippen molar-refractivity contribution in [2.24, 2.45) is 5.73 Å². The molecule has 0 radical (unpaired) electrons. The maximum Gasteiger partial charge on any atom is 0.0270 e. The minimum atomic E-state index is -0.0251. The molecule has 0 atom stereocenters. The summed E-state index contributed by atoms with van der Waals surface area (Å²) in [7, 11) is 0. The van der Waals surface area contributed by atoms with Gasteiger partial charge in [-0.3, -0.25) is 0 Å². The molecule has 17 heavy (non-hydrogen) atoms. The van der Waals surface area contributed by atoms with Gasteiger partial charge in [0, 0.05) is 11.5 Å². The molecule has 86 valence electrons. The minimum Gasteiger partial charge on any atom is -0.324 e. The first-order chi connectivity index (χ1) is 8.30. The minimum absolute atomic E-state index is 0.0251. The lowest BCUT2D eigenvalue weighted by molar-refractivity contribution is 0.587. The average Bonchev–Trinajstić information content (AvgIpc) is 3.11. The highest BCUT2D eigenvalue weighted by Crippen LogP contribution is 2.48. The number of nitrogens with two attached hydrogens (primary N) is 1. The summed E-state index contributed by atoms with van der Waals surface area (Å²) in [4.78, 5) is 0. The van der Waals surface area contributed by atoms with E-state index in [0.717, 1.165) is 12.8 Å². The highest BCUT2D eigenvalue weighted by atomic mass is 14.8. The summed E-state index contributed by atoms with van der Waals surface area (Å²) in [6.07, 6.45) is 2.25. The molecule has 0 aromatic heterocycles. The third-order valence-corrected chi connectivity index (χ3v) is 3.67. The van der Waals surface area contributed by atoms with Gasteiger partial charge < -0.3 is 5.73 Å². The van der Waals surface area contributed by atoms with E-state index in [4.69, 9.17) is 5.73 Å². The summed E-state index contributed by atoms with van der Waals surface area (Å²) in [5.74, 6) is 0.338. The Bertz CT molecular complexity index is 446. The molecule has 0 bridgehead atoms. The largest absolute Gasteiger partial charge is 0.324 e. The fourth-order valence-electron chi connectivity index (χ4n) is 2.58. The third-order valence-electron chi connectivity index (χ3n) is 3.67. The van der Waals surface area contributed by atoms with E-state index in [1.807, 2.05) is 0 Å². The summed E-state index contributed by atoms with van der Waals surface area (Å²) in [5.41, 5.74) is 9.09. The van der Waals surface area contributed by atoms with E-state index in [0.29, 0.717) is 5.92 Å². The fourth-order valence-corrected chi connectivity index (χ4v) is 2.58. The predicted octanol–water partition coefficient (Wildman–Crippen LogP) is 3.31. The van der Waals surface area contributed by atoms with Crippen LogP contribution in [0.2, 0.25) is 0 Å². The van der Waals surface area contributed by atoms with E-state index in [9.17, 15) is 0 Å². The van der Waals surface area contributed by atoms with Crippen molar-refractivity contribution in [2.45, 2.75) is 24.3 Å². The molecule has 3 rings (SSSR count). The Hall–Kier alpha value is -1.60. The molecule has 1 aliphatic carbocycles. The van der Waals surface area contributed by atoms with Crippen molar-refractivity contribution >= 4 is 0 Å². The molecule has 0 unspecified atom stereocenters. The van der Waals surface area contributed by atoms with Crippen LogP contribution in [0.5, 0.6) is 0 Å². The van der Waals surface area contributed by atoms with E-state index in [1.165, 1.54) is 11.1 Å². The van der Waals surface area contributed by atoms with Gasteiger partial charge in [0.05, 0.1) is 0 Å². The van der Waals surface area contributed by atoms with Crippen LogP contribution in [-0.2, 0) is 0 Å². The Kier molecular flexibility index (Phi) is 2.49. The Morgan fingerprint density at radius 1 is 0.765 bits per heavy atom. The lowest BCUT2D eigenvalue weighted by atomic mass is 9.84. The maximum atomic E-state index is 6.45. The van der Waals surface area contributed by atoms with Crippen LogP contribution in [0, 0.1) is 0 Å². The van der Waals surface area contributed by atoms with Crippen molar-refractivity contribution in [1.82, 2.24) is 0 Å². The van der Waals surface area contributed by atoms with Crippen molar-refractivity contribution in [2.75, 3.05) is 0 Å². The summed E-state index contributed by atoms with van der Waals surface area (Å²) >= 11 is 0. The molecule has 2 aromatic rings. The van der Waals surface area contributed by atoms with E-state index in [-0.39, 0.29) is 5.54 Å². The molecule has 0 heterocycles. The lowest BCUT2D eigenvalue weighted by Gasteiger charge is -2.24. The Balaban J connectivity index is 2.05. The van der Waals surface area contributed by atoms with Gasteiger partial charge in [-0.2, -0.15) is 0 Å². The normalized spacial score (nSPS) is 17.1. The Morgan fingerprint density at radius 3 is 1.53 bits per heavy atom. The predicted molar refractivity (Wildman–Crippen MR) is 70.9 cm³/mol. The van der Waals surface area contributed by atoms with E-state index in [2.05, 4.69) is 60.7 Å². The van der Waals surface area contributed by atoms with Crippen LogP contribution in [-0.4, -0.2) is 5.54 Å². The third kappa shape index (κ3) is 1.98. The average molecular weight is 223 g/mol. The molecular weight excluding hydrogens is 206 g/mol. The highest BCUT2D eigenvalue weighted by Gasteiger charge is 2.46. The zero-order valence-electron chi connectivity index (χ0n) is 9.84. The van der Waals surface area contributed by atoms with Crippen molar-refractivity contribution in [3.63, 3.8) is 0 Å². The smallest absolute Gasteiger partial charge is 0.0270 e. The van der Waals surface area contributed by atoms with Crippen LogP contribution in [0.25, 0.3) is 0 Å². The van der Waals surface area contributed by atoms with E-state index >= 15 is 0 Å². The van der Waals surface area contributed by atoms with Crippen molar-refractivity contribution < 1.29 is 0 Å². The van der Waals surface area contributed by atoms with Crippen molar-refractivity contribution in [1.29, 1.82) is 0 Å². The number of hydrogen-bond acceptors (Lipinski definition) is 1. The molecule has 1 fully saturated rings. The maximum absolute atomic E-state index is 6.45. The van der Waals surface area contributed by atoms with Gasteiger partial charge in [-0.1, -0.05) is 60.7 Å². The number of hydrogen-bond donors (Lipinski definition) is 1. The Morgan fingerprint density at radius 2 is 1.18 bits per heavy atom. The standard InChI is InChI=1S/C16H17N/c17-16(11-12-16)15(13-7-3-1-4-8-13)14-9-5-2-6-10-14/h1-10,15H,11-12,17H2. The van der Waals surface area contributed by atoms with Gasteiger partial charge in [-0.05, 0) is 24.0 Å². The molecule has 2 N–H and O–H groups in total. The molecule has 0 spiro atoms. The molecule has 1 aliphatic rings. The van der Waals surface area contributed by atoms with Crippen LogP contribution >= 0.6 is 0 Å². The van der Waals surface area contributed by atoms with E-state index in [1.54, 1.807) is 0 Å². The second kappa shape index (κ2) is 4.01. The van der Waals surface area contributed by atoms with E-state index < -0.39 is 0 Å². The molecular formula is C16H17N. The second-order valence-corrected chi connectivity index (χ2v) is 4.99. The highest BCUT2D eigenvalue weighted by molar-refractivity contribution is 5.39. The Labute approximate surface area is 102 Å². The lowest BCUT2D eigenvalue weighted by Crippen LogP contribution is -2.31. The van der Waals surface area contributed by atoms with Crippen LogP contribution < -0.4 is 5.73 Å². The van der Waals surface area contributed by atoms with Crippen molar-refractivity contribution in [3.8, 4) is 0 Å². The molecule has 1 heteroatoms. The first-order valence-corrected chi connectivity index (χ1v) is 6.18. The van der Waals surface area contributed by atoms with Gasteiger partial charge in [0.1, 0.15) is 0 Å². The summed E-state index contributed by atoms with van der Waals surface area (Å²) in [6, 6.07) is 21.2. The molecule has 0 amide bonds. The van der Waals surface area contributed by atoms with Gasteiger partial charge in [0.15, 0.2) is 0 Å². The zero-order valence-corrected chi connectivity index (χ0v) is 9.84. The SMILES string of the molecule is NC1(C(c2ccccc2)c2ccccc2)CC1. The van der Waals surface area contributed by atoms with Gasteiger partial charge in [0.25, 0.3) is 0 Å². The second-order valence-electron chi connectivity index (χ2n) is 4.99. The zero-order chi connectivity index (χ0) is 11.7. The first kappa shape index (κ1) is 10.5. The summed E-state index contributed by atoms with van der Waals surface area (Å²) in [6.45, 7) is 0. The van der Waals surface area contributed by atoms with Crippen LogP contribution in [0.3, 0.4) is 0 Å². The molecule has 0 aliphatic heterocycles. The number of rotatable bonds is 3. The summed E-state index contributed by atoms with van der Waals surface area (Å²) < 4.78 is 0. The first-order valence-electron chi connectivity index (χ1n) is 6.18. The molecule has 2 aromatic carbocycles. The van der Waals surface area contributed by atoms with Gasteiger partial charge in [-0.25, -0.2) is 0 Å². The van der Waals surface area contributed by atoms with Gasteiger partial charge >= 0.3 is 0 Å². The molecule has 0 saturated heterocycles. The van der Waals surface area contributed by atoms with Gasteiger partial charge in [-0.15, -0.1) is 0 Å². The van der Waals surface area contributed by atoms with Crippen LogP contribution in [0.15, 0.2) is 60.7 Å².